The highest BCUT2D eigenvalue weighted by Gasteiger charge is 2.27. The molecule has 0 aliphatic rings. The Balaban J connectivity index is 1.47. The minimum Gasteiger partial charge on any atom is -0.455 e. The molecule has 0 atom stereocenters. The number of aryl methyl sites for hydroxylation is 3. The number of hydrogen-bond acceptors (Lipinski definition) is 3. The Morgan fingerprint density at radius 1 is 0.714 bits per heavy atom. The molecule has 0 unspecified atom stereocenters. The highest BCUT2D eigenvalue weighted by molar-refractivity contribution is 6.13. The standard InChI is InChI=1S/C36H34N4O2/c1-22(2)25-13-11-16-28-34(25)35-33(36-39(6)26-14-7-8-15-27(26)40(28)36)24(4)31(21-37-35)41-29-17-12-18-30(23(29)3)42-32-19-9-10-20-38(32)5/h7-22H,1-6H3/q+2. The summed E-state index contributed by atoms with van der Waals surface area (Å²) in [5, 5.41) is 2.28. The molecule has 6 heteroatoms. The predicted molar refractivity (Wildman–Crippen MR) is 167 cm³/mol. The molecule has 3 aromatic carbocycles. The van der Waals surface area contributed by atoms with Gasteiger partial charge in [-0.2, -0.15) is 8.97 Å². The fraction of sp³-hybridized carbons (Fsp3) is 0.194. The summed E-state index contributed by atoms with van der Waals surface area (Å²) in [4.78, 5) is 5.12. The molecule has 208 valence electrons. The molecule has 0 radical (unpaired) electrons. The van der Waals surface area contributed by atoms with Gasteiger partial charge in [-0.05, 0) is 61.7 Å². The van der Waals surface area contributed by atoms with Crippen LogP contribution in [0.3, 0.4) is 0 Å². The lowest BCUT2D eigenvalue weighted by molar-refractivity contribution is -0.675. The number of para-hydroxylation sites is 2. The summed E-state index contributed by atoms with van der Waals surface area (Å²) in [5.74, 6) is 3.31. The average molecular weight is 555 g/mol. The van der Waals surface area contributed by atoms with Gasteiger partial charge in [0.1, 0.15) is 29.8 Å². The molecule has 0 aliphatic carbocycles. The zero-order chi connectivity index (χ0) is 29.1. The van der Waals surface area contributed by atoms with E-state index in [1.807, 2.05) is 67.3 Å². The molecule has 0 N–H and O–H groups in total. The molecule has 0 spiro atoms. The molecule has 0 bridgehead atoms. The van der Waals surface area contributed by atoms with Crippen LogP contribution in [0.2, 0.25) is 0 Å². The Labute approximate surface area is 245 Å². The van der Waals surface area contributed by atoms with E-state index in [0.29, 0.717) is 5.92 Å². The summed E-state index contributed by atoms with van der Waals surface area (Å²) in [7, 11) is 4.10. The second-order valence-electron chi connectivity index (χ2n) is 11.3. The van der Waals surface area contributed by atoms with E-state index >= 15 is 0 Å². The van der Waals surface area contributed by atoms with E-state index in [1.54, 1.807) is 0 Å². The van der Waals surface area contributed by atoms with Crippen molar-refractivity contribution in [3.8, 4) is 23.1 Å². The molecule has 0 fully saturated rings. The molecule has 0 amide bonds. The number of rotatable bonds is 5. The second-order valence-corrected chi connectivity index (χ2v) is 11.3. The minimum atomic E-state index is 0.347. The first-order valence-corrected chi connectivity index (χ1v) is 14.4. The van der Waals surface area contributed by atoms with Gasteiger partial charge in [-0.3, -0.25) is 4.98 Å². The van der Waals surface area contributed by atoms with Crippen LogP contribution in [0, 0.1) is 13.8 Å². The van der Waals surface area contributed by atoms with Gasteiger partial charge in [-0.1, -0.05) is 44.2 Å². The number of aromatic nitrogens is 4. The highest BCUT2D eigenvalue weighted by Crippen LogP contribution is 2.40. The van der Waals surface area contributed by atoms with Gasteiger partial charge in [-0.15, -0.1) is 0 Å². The Kier molecular flexibility index (Phi) is 6.08. The van der Waals surface area contributed by atoms with Crippen molar-refractivity contribution in [1.29, 1.82) is 0 Å². The lowest BCUT2D eigenvalue weighted by atomic mass is 9.95. The number of imidazole rings is 1. The maximum absolute atomic E-state index is 6.64. The van der Waals surface area contributed by atoms with Gasteiger partial charge >= 0.3 is 5.88 Å². The van der Waals surface area contributed by atoms with Crippen LogP contribution in [0.4, 0.5) is 0 Å². The van der Waals surface area contributed by atoms with Crippen molar-refractivity contribution >= 4 is 38.5 Å². The molecule has 0 saturated carbocycles. The summed E-state index contributed by atoms with van der Waals surface area (Å²) in [6.07, 6.45) is 3.84. The molecule has 42 heavy (non-hydrogen) atoms. The van der Waals surface area contributed by atoms with Gasteiger partial charge < -0.3 is 9.47 Å². The van der Waals surface area contributed by atoms with Gasteiger partial charge in [-0.25, -0.2) is 4.57 Å². The quantitative estimate of drug-likeness (QED) is 0.161. The Hall–Kier alpha value is -4.97. The van der Waals surface area contributed by atoms with Gasteiger partial charge in [0.2, 0.25) is 0 Å². The van der Waals surface area contributed by atoms with E-state index in [2.05, 4.69) is 79.3 Å². The van der Waals surface area contributed by atoms with Gasteiger partial charge in [0.05, 0.1) is 35.6 Å². The molecular weight excluding hydrogens is 520 g/mol. The minimum absolute atomic E-state index is 0.347. The van der Waals surface area contributed by atoms with E-state index in [-0.39, 0.29) is 0 Å². The predicted octanol–water partition coefficient (Wildman–Crippen LogP) is 7.77. The monoisotopic (exact) mass is 554 g/mol. The molecule has 6 nitrogen and oxygen atoms in total. The first kappa shape index (κ1) is 26.0. The van der Waals surface area contributed by atoms with Crippen molar-refractivity contribution in [2.24, 2.45) is 14.1 Å². The molecular formula is C36H34N4O2+2. The zero-order valence-electron chi connectivity index (χ0n) is 24.8. The van der Waals surface area contributed by atoms with Crippen molar-refractivity contribution in [2.45, 2.75) is 33.6 Å². The van der Waals surface area contributed by atoms with E-state index in [1.165, 1.54) is 22.0 Å². The number of benzene rings is 3. The third-order valence-corrected chi connectivity index (χ3v) is 8.38. The van der Waals surface area contributed by atoms with Crippen molar-refractivity contribution in [2.75, 3.05) is 0 Å². The number of nitrogens with zero attached hydrogens (tertiary/aromatic N) is 4. The number of pyridine rings is 3. The first-order chi connectivity index (χ1) is 20.3. The molecule has 4 heterocycles. The van der Waals surface area contributed by atoms with Gasteiger partial charge in [0, 0.05) is 17.2 Å². The van der Waals surface area contributed by atoms with Crippen LogP contribution in [0.1, 0.15) is 36.5 Å². The fourth-order valence-electron chi connectivity index (χ4n) is 6.13. The second kappa shape index (κ2) is 9.84. The van der Waals surface area contributed by atoms with E-state index < -0.39 is 0 Å². The summed E-state index contributed by atoms with van der Waals surface area (Å²) >= 11 is 0. The summed E-state index contributed by atoms with van der Waals surface area (Å²) in [6, 6.07) is 27.0. The van der Waals surface area contributed by atoms with Gasteiger partial charge in [0.25, 0.3) is 5.65 Å². The molecule has 4 aromatic heterocycles. The maximum Gasteiger partial charge on any atom is 0.373 e. The van der Waals surface area contributed by atoms with Crippen molar-refractivity contribution in [3.63, 3.8) is 0 Å². The molecule has 7 rings (SSSR count). The van der Waals surface area contributed by atoms with Crippen LogP contribution >= 0.6 is 0 Å². The molecule has 0 saturated heterocycles. The van der Waals surface area contributed by atoms with E-state index in [0.717, 1.165) is 56.3 Å². The zero-order valence-corrected chi connectivity index (χ0v) is 24.8. The average Bonchev–Trinajstić information content (AvgIpc) is 3.29. The third kappa shape index (κ3) is 3.90. The van der Waals surface area contributed by atoms with Crippen molar-refractivity contribution < 1.29 is 18.6 Å². The number of hydrogen-bond donors (Lipinski definition) is 0. The largest absolute Gasteiger partial charge is 0.455 e. The fourth-order valence-corrected chi connectivity index (χ4v) is 6.13. The molecule has 0 aliphatic heterocycles. The van der Waals surface area contributed by atoms with Crippen LogP contribution in [0.5, 0.6) is 23.1 Å². The summed E-state index contributed by atoms with van der Waals surface area (Å²) < 4.78 is 19.5. The normalized spacial score (nSPS) is 11.8. The highest BCUT2D eigenvalue weighted by atomic mass is 16.5. The number of fused-ring (bicyclic) bond motifs is 8. The molecule has 7 aromatic rings. The van der Waals surface area contributed by atoms with Gasteiger partial charge in [0.15, 0.2) is 17.2 Å². The van der Waals surface area contributed by atoms with Crippen LogP contribution in [0.25, 0.3) is 38.5 Å². The van der Waals surface area contributed by atoms with Crippen LogP contribution < -0.4 is 18.6 Å². The summed E-state index contributed by atoms with van der Waals surface area (Å²) in [6.45, 7) is 8.66. The summed E-state index contributed by atoms with van der Waals surface area (Å²) in [5.41, 5.74) is 8.85. The van der Waals surface area contributed by atoms with E-state index in [9.17, 15) is 0 Å². The maximum atomic E-state index is 6.64. The lowest BCUT2D eigenvalue weighted by Gasteiger charge is -2.16. The Bertz CT molecular complexity index is 2180. The van der Waals surface area contributed by atoms with E-state index in [4.69, 9.17) is 14.5 Å². The SMILES string of the molecule is Cc1c(Oc2cnc3c4c(C(C)C)cccc4n4c5ccccc5[n+](C)c4c3c2C)cccc1Oc1cccc[n+]1C. The van der Waals surface area contributed by atoms with Crippen LogP contribution in [-0.2, 0) is 14.1 Å². The van der Waals surface area contributed by atoms with Crippen LogP contribution in [-0.4, -0.2) is 9.38 Å². The first-order valence-electron chi connectivity index (χ1n) is 14.4. The van der Waals surface area contributed by atoms with Crippen molar-refractivity contribution in [3.05, 3.63) is 108 Å². The third-order valence-electron chi connectivity index (χ3n) is 8.38. The number of ether oxygens (including phenoxy) is 2. The lowest BCUT2D eigenvalue weighted by Crippen LogP contribution is -2.28. The smallest absolute Gasteiger partial charge is 0.373 e. The Morgan fingerprint density at radius 3 is 2.21 bits per heavy atom. The van der Waals surface area contributed by atoms with Crippen LogP contribution in [0.15, 0.2) is 91.3 Å². The Morgan fingerprint density at radius 2 is 1.43 bits per heavy atom. The topological polar surface area (TPSA) is 43.5 Å². The van der Waals surface area contributed by atoms with Crippen molar-refractivity contribution in [1.82, 2.24) is 9.38 Å².